The number of ether oxygens (including phenoxy) is 1. The predicted octanol–water partition coefficient (Wildman–Crippen LogP) is 2.65. The smallest absolute Gasteiger partial charge is 0.308 e. The number of rotatable bonds is 9. The van der Waals surface area contributed by atoms with Gasteiger partial charge >= 0.3 is 5.97 Å². The Kier molecular flexibility index (Phi) is 23.2. The van der Waals surface area contributed by atoms with E-state index in [1.54, 1.807) is 6.08 Å². The average Bonchev–Trinajstić information content (AvgIpc) is 2.60. The second kappa shape index (κ2) is 20.3. The molecule has 0 heterocycles. The van der Waals surface area contributed by atoms with Crippen molar-refractivity contribution in [1.29, 1.82) is 0 Å². The molecule has 0 aromatic heterocycles. The molecule has 5 nitrogen and oxygen atoms in total. The molecule has 0 bridgehead atoms. The number of nitrogens with zero attached hydrogens (tertiary/aromatic N) is 1. The molecular formula is C18H34N2O3. The van der Waals surface area contributed by atoms with Crippen molar-refractivity contribution in [3.05, 3.63) is 48.8 Å². The van der Waals surface area contributed by atoms with Gasteiger partial charge in [0.05, 0.1) is 0 Å². The number of carbonyl (C=O) groups excluding carboxylic acids is 1. The van der Waals surface area contributed by atoms with Gasteiger partial charge in [-0.2, -0.15) is 0 Å². The maximum atomic E-state index is 11.0. The first-order valence-corrected chi connectivity index (χ1v) is 7.67. The summed E-state index contributed by atoms with van der Waals surface area (Å²) in [6, 6.07) is 0. The molecule has 0 aliphatic heterocycles. The molecule has 0 aliphatic carbocycles. The maximum Gasteiger partial charge on any atom is 0.308 e. The summed E-state index contributed by atoms with van der Waals surface area (Å²) in [5.41, 5.74) is 5.27. The first-order chi connectivity index (χ1) is 11.1. The molecule has 0 aromatic rings. The number of allylic oxidation sites excluding steroid dienone is 4. The van der Waals surface area contributed by atoms with Gasteiger partial charge in [-0.15, -0.1) is 0 Å². The lowest BCUT2D eigenvalue weighted by Gasteiger charge is -2.16. The van der Waals surface area contributed by atoms with Gasteiger partial charge in [-0.1, -0.05) is 45.2 Å². The highest BCUT2D eigenvalue weighted by atomic mass is 16.5. The molecule has 0 saturated heterocycles. The minimum absolute atomic E-state index is 0.356. The largest absolute Gasteiger partial charge is 0.426 e. The zero-order chi connectivity index (χ0) is 18.7. The summed E-state index contributed by atoms with van der Waals surface area (Å²) in [5.74, 6) is 0.0902. The van der Waals surface area contributed by atoms with Crippen LogP contribution in [-0.4, -0.2) is 49.8 Å². The van der Waals surface area contributed by atoms with Crippen molar-refractivity contribution in [2.75, 3.05) is 33.8 Å². The maximum absolute atomic E-state index is 11.0. The van der Waals surface area contributed by atoms with Crippen LogP contribution in [0, 0.1) is 0 Å². The Bertz CT molecular complexity index is 370. The number of carbonyl (C=O) groups is 1. The van der Waals surface area contributed by atoms with Gasteiger partial charge in [0.1, 0.15) is 5.76 Å². The zero-order valence-electron chi connectivity index (χ0n) is 15.3. The summed E-state index contributed by atoms with van der Waals surface area (Å²) in [5, 5.41) is 7.00. The minimum Gasteiger partial charge on any atom is -0.426 e. The first-order valence-electron chi connectivity index (χ1n) is 7.67. The molecule has 134 valence electrons. The Labute approximate surface area is 141 Å². The molecule has 23 heavy (non-hydrogen) atoms. The Morgan fingerprint density at radius 3 is 2.04 bits per heavy atom. The van der Waals surface area contributed by atoms with Crippen LogP contribution in [0.1, 0.15) is 27.2 Å². The lowest BCUT2D eigenvalue weighted by Crippen LogP contribution is -2.23. The van der Waals surface area contributed by atoms with Crippen LogP contribution >= 0.6 is 0 Å². The van der Waals surface area contributed by atoms with E-state index in [1.807, 2.05) is 6.08 Å². The second-order valence-corrected chi connectivity index (χ2v) is 4.04. The number of hydrogen-bond donors (Lipinski definition) is 2. The van der Waals surface area contributed by atoms with Gasteiger partial charge in [0.25, 0.3) is 0 Å². The van der Waals surface area contributed by atoms with Crippen LogP contribution < -0.4 is 5.73 Å². The normalized spacial score (nSPS) is 10.8. The van der Waals surface area contributed by atoms with E-state index >= 15 is 0 Å². The summed E-state index contributed by atoms with van der Waals surface area (Å²) in [6.45, 7) is 16.2. The molecule has 0 fully saturated rings. The Hall–Kier alpha value is -1.69. The van der Waals surface area contributed by atoms with Crippen LogP contribution in [-0.2, 0) is 9.53 Å². The Morgan fingerprint density at radius 1 is 1.17 bits per heavy atom. The van der Waals surface area contributed by atoms with E-state index in [4.69, 9.17) is 9.84 Å². The van der Waals surface area contributed by atoms with Crippen molar-refractivity contribution in [3.8, 4) is 0 Å². The number of esters is 1. The SMILES string of the molecule is C=CC(/C=C/CCN(CC)CC)=C(\C=C)OC(C)=O.CN.CO. The molecule has 0 spiro atoms. The topological polar surface area (TPSA) is 75.8 Å². The minimum atomic E-state index is -0.356. The number of nitrogens with two attached hydrogens (primary N) is 1. The lowest BCUT2D eigenvalue weighted by molar-refractivity contribution is -0.136. The fourth-order valence-corrected chi connectivity index (χ4v) is 1.63. The predicted molar refractivity (Wildman–Crippen MR) is 99.0 cm³/mol. The van der Waals surface area contributed by atoms with Gasteiger partial charge in [-0.25, -0.2) is 0 Å². The van der Waals surface area contributed by atoms with E-state index in [1.165, 1.54) is 20.0 Å². The number of aliphatic hydroxyl groups excluding tert-OH is 1. The molecule has 0 saturated carbocycles. The van der Waals surface area contributed by atoms with Crippen molar-refractivity contribution >= 4 is 5.97 Å². The van der Waals surface area contributed by atoms with Gasteiger partial charge in [0.15, 0.2) is 0 Å². The average molecular weight is 326 g/mol. The second-order valence-electron chi connectivity index (χ2n) is 4.04. The van der Waals surface area contributed by atoms with Crippen LogP contribution in [0.4, 0.5) is 0 Å². The Morgan fingerprint density at radius 2 is 1.70 bits per heavy atom. The molecule has 0 amide bonds. The zero-order valence-corrected chi connectivity index (χ0v) is 15.3. The van der Waals surface area contributed by atoms with E-state index in [9.17, 15) is 4.79 Å². The molecule has 0 radical (unpaired) electrons. The Balaban J connectivity index is -0.000000919. The lowest BCUT2D eigenvalue weighted by atomic mass is 10.2. The van der Waals surface area contributed by atoms with E-state index in [-0.39, 0.29) is 5.97 Å². The molecule has 0 aliphatic rings. The van der Waals surface area contributed by atoms with E-state index < -0.39 is 0 Å². The highest BCUT2D eigenvalue weighted by Gasteiger charge is 2.02. The van der Waals surface area contributed by atoms with Crippen LogP contribution in [0.5, 0.6) is 0 Å². The molecule has 5 heteroatoms. The van der Waals surface area contributed by atoms with Crippen LogP contribution in [0.3, 0.4) is 0 Å². The molecule has 0 rings (SSSR count). The fourth-order valence-electron chi connectivity index (χ4n) is 1.63. The third-order valence-corrected chi connectivity index (χ3v) is 2.75. The number of hydrogen-bond acceptors (Lipinski definition) is 5. The molecule has 0 atom stereocenters. The highest BCUT2D eigenvalue weighted by Crippen LogP contribution is 2.11. The monoisotopic (exact) mass is 326 g/mol. The van der Waals surface area contributed by atoms with Crippen LogP contribution in [0.2, 0.25) is 0 Å². The number of aliphatic hydroxyl groups is 1. The molecule has 0 aromatic carbocycles. The highest BCUT2D eigenvalue weighted by molar-refractivity contribution is 5.68. The molecular weight excluding hydrogens is 292 g/mol. The summed E-state index contributed by atoms with van der Waals surface area (Å²) >= 11 is 0. The van der Waals surface area contributed by atoms with Crippen LogP contribution in [0.15, 0.2) is 48.8 Å². The molecule has 3 N–H and O–H groups in total. The standard InChI is InChI=1S/C16H25NO2.CH5N.CH4O/c1-6-15(16(7-2)19-14(5)18)12-10-11-13-17(8-3)9-4;2*1-2/h6-7,10,12H,1-2,8-9,11,13H2,3-5H3;2H2,1H3;2H,1H3/b12-10+,16-15-;;. The fraction of sp³-hybridized carbons (Fsp3) is 0.500. The van der Waals surface area contributed by atoms with Crippen molar-refractivity contribution in [3.63, 3.8) is 0 Å². The summed E-state index contributed by atoms with van der Waals surface area (Å²) in [6.07, 6.45) is 8.10. The van der Waals surface area contributed by atoms with Gasteiger partial charge < -0.3 is 20.5 Å². The summed E-state index contributed by atoms with van der Waals surface area (Å²) < 4.78 is 5.06. The van der Waals surface area contributed by atoms with Crippen molar-refractivity contribution in [2.45, 2.75) is 27.2 Å². The van der Waals surface area contributed by atoms with Gasteiger partial charge in [-0.3, -0.25) is 4.79 Å². The first kappa shape index (κ1) is 26.2. The van der Waals surface area contributed by atoms with E-state index in [0.29, 0.717) is 5.76 Å². The quantitative estimate of drug-likeness (QED) is 0.387. The van der Waals surface area contributed by atoms with Crippen LogP contribution in [0.25, 0.3) is 0 Å². The summed E-state index contributed by atoms with van der Waals surface area (Å²) in [4.78, 5) is 13.3. The van der Waals surface area contributed by atoms with E-state index in [0.717, 1.165) is 38.7 Å². The third-order valence-electron chi connectivity index (χ3n) is 2.75. The van der Waals surface area contributed by atoms with Crippen molar-refractivity contribution in [1.82, 2.24) is 4.90 Å². The summed E-state index contributed by atoms with van der Waals surface area (Å²) in [7, 11) is 2.50. The van der Waals surface area contributed by atoms with Gasteiger partial charge in [0, 0.05) is 26.2 Å². The van der Waals surface area contributed by atoms with Crippen molar-refractivity contribution < 1.29 is 14.6 Å². The van der Waals surface area contributed by atoms with Crippen molar-refractivity contribution in [2.24, 2.45) is 5.73 Å². The van der Waals surface area contributed by atoms with Gasteiger partial charge in [-0.05, 0) is 32.6 Å². The van der Waals surface area contributed by atoms with E-state index in [2.05, 4.69) is 43.7 Å². The molecule has 0 unspecified atom stereocenters. The third kappa shape index (κ3) is 15.0. The van der Waals surface area contributed by atoms with Gasteiger partial charge in [0.2, 0.25) is 0 Å².